The van der Waals surface area contributed by atoms with E-state index in [0.29, 0.717) is 29.9 Å². The summed E-state index contributed by atoms with van der Waals surface area (Å²) in [6.07, 6.45) is 6.21. The summed E-state index contributed by atoms with van der Waals surface area (Å²) in [7, 11) is 1.56. The first kappa shape index (κ1) is 22.7. The Kier molecular flexibility index (Phi) is 7.69. The first-order valence-corrected chi connectivity index (χ1v) is 10.5. The minimum Gasteiger partial charge on any atom is -0.493 e. The number of ether oxygens (including phenoxy) is 1. The van der Waals surface area contributed by atoms with Gasteiger partial charge in [-0.15, -0.1) is 5.10 Å². The van der Waals surface area contributed by atoms with E-state index >= 15 is 0 Å². The predicted molar refractivity (Wildman–Crippen MR) is 127 cm³/mol. The van der Waals surface area contributed by atoms with Crippen LogP contribution in [0.15, 0.2) is 54.9 Å². The smallest absolute Gasteiger partial charge is 0.259 e. The number of nitrogens with zero attached hydrogens (tertiary/aromatic N) is 6. The molecule has 3 N–H and O–H groups in total. The van der Waals surface area contributed by atoms with Crippen LogP contribution in [0.4, 0.5) is 11.9 Å². The lowest BCUT2D eigenvalue weighted by molar-refractivity contribution is 0.365. The van der Waals surface area contributed by atoms with Crippen LogP contribution in [0, 0.1) is 0 Å². The van der Waals surface area contributed by atoms with Crippen molar-refractivity contribution in [2.75, 3.05) is 24.7 Å². The molecule has 0 amide bonds. The maximum Gasteiger partial charge on any atom is 0.259 e. The molecule has 0 saturated carbocycles. The van der Waals surface area contributed by atoms with Gasteiger partial charge in [0.25, 0.3) is 5.78 Å². The molecule has 9 heteroatoms. The van der Waals surface area contributed by atoms with E-state index in [-0.39, 0.29) is 5.95 Å². The van der Waals surface area contributed by atoms with E-state index in [0.717, 1.165) is 17.5 Å². The highest BCUT2D eigenvalue weighted by molar-refractivity contribution is 5.62. The molecule has 166 valence electrons. The molecule has 4 rings (SSSR count). The molecule has 0 aliphatic rings. The van der Waals surface area contributed by atoms with E-state index in [1.807, 2.05) is 39.1 Å². The molecular weight excluding hydrogens is 404 g/mol. The van der Waals surface area contributed by atoms with Gasteiger partial charge in [-0.25, -0.2) is 0 Å². The molecule has 0 atom stereocenters. The van der Waals surface area contributed by atoms with Crippen LogP contribution in [0.1, 0.15) is 32.2 Å². The summed E-state index contributed by atoms with van der Waals surface area (Å²) in [5.74, 6) is 1.92. The van der Waals surface area contributed by atoms with Crippen molar-refractivity contribution in [3.63, 3.8) is 0 Å². The number of fused-ring (bicyclic) bond motifs is 1. The number of hydrogen-bond acceptors (Lipinski definition) is 8. The lowest BCUT2D eigenvalue weighted by Gasteiger charge is -2.07. The molecule has 9 nitrogen and oxygen atoms in total. The van der Waals surface area contributed by atoms with Gasteiger partial charge in [0.15, 0.2) is 5.76 Å². The van der Waals surface area contributed by atoms with E-state index in [4.69, 9.17) is 10.5 Å². The average molecular weight is 433 g/mol. The fraction of sp³-hybridized carbons (Fsp3) is 0.261. The van der Waals surface area contributed by atoms with Crippen LogP contribution >= 0.6 is 0 Å². The number of pyridine rings is 1. The molecule has 0 aliphatic heterocycles. The van der Waals surface area contributed by atoms with Crippen molar-refractivity contribution >= 4 is 23.4 Å². The molecule has 0 radical (unpaired) electrons. The molecule has 0 spiro atoms. The number of allylic oxidation sites excluding steroid dienone is 1. The second-order valence-corrected chi connectivity index (χ2v) is 6.53. The van der Waals surface area contributed by atoms with Gasteiger partial charge in [0.1, 0.15) is 0 Å². The van der Waals surface area contributed by atoms with Gasteiger partial charge < -0.3 is 15.8 Å². The van der Waals surface area contributed by atoms with Crippen molar-refractivity contribution in [2.45, 2.75) is 27.2 Å². The molecule has 0 fully saturated rings. The Hall–Kier alpha value is -4.01. The van der Waals surface area contributed by atoms with Crippen LogP contribution < -0.4 is 11.1 Å². The average Bonchev–Trinajstić information content (AvgIpc) is 3.27. The third-order valence-electron chi connectivity index (χ3n) is 4.58. The van der Waals surface area contributed by atoms with Crippen LogP contribution in [-0.4, -0.2) is 43.2 Å². The van der Waals surface area contributed by atoms with Gasteiger partial charge in [0.2, 0.25) is 17.7 Å². The number of methoxy groups -OCH3 is 1. The van der Waals surface area contributed by atoms with Crippen molar-refractivity contribution in [3.05, 3.63) is 66.3 Å². The summed E-state index contributed by atoms with van der Waals surface area (Å²) in [5.41, 5.74) is 9.45. The Balaban J connectivity index is 0.00000141. The zero-order valence-electron chi connectivity index (χ0n) is 18.8. The Morgan fingerprint density at radius 3 is 2.53 bits per heavy atom. The molecule has 3 aromatic heterocycles. The van der Waals surface area contributed by atoms with Gasteiger partial charge >= 0.3 is 0 Å². The zero-order valence-corrected chi connectivity index (χ0v) is 18.8. The molecule has 4 aromatic rings. The van der Waals surface area contributed by atoms with E-state index in [1.165, 1.54) is 10.1 Å². The highest BCUT2D eigenvalue weighted by atomic mass is 16.5. The second kappa shape index (κ2) is 10.9. The first-order valence-electron chi connectivity index (χ1n) is 10.5. The van der Waals surface area contributed by atoms with Gasteiger partial charge in [-0.05, 0) is 42.2 Å². The Morgan fingerprint density at radius 2 is 1.88 bits per heavy atom. The van der Waals surface area contributed by atoms with Crippen LogP contribution in [0.25, 0.3) is 22.7 Å². The second-order valence-electron chi connectivity index (χ2n) is 6.53. The summed E-state index contributed by atoms with van der Waals surface area (Å²) in [5, 5.41) is 7.49. The number of nitrogens with one attached hydrogen (secondary N) is 1. The normalized spacial score (nSPS) is 11.1. The molecule has 0 unspecified atom stereocenters. The van der Waals surface area contributed by atoms with Crippen LogP contribution in [0.3, 0.4) is 0 Å². The molecule has 0 saturated heterocycles. The molecule has 0 bridgehead atoms. The largest absolute Gasteiger partial charge is 0.493 e. The van der Waals surface area contributed by atoms with Crippen molar-refractivity contribution in [2.24, 2.45) is 0 Å². The third-order valence-corrected chi connectivity index (χ3v) is 4.58. The number of hydrogen-bond donors (Lipinski definition) is 2. The fourth-order valence-corrected chi connectivity index (χ4v) is 3.04. The van der Waals surface area contributed by atoms with Gasteiger partial charge in [0, 0.05) is 18.9 Å². The van der Waals surface area contributed by atoms with E-state index in [9.17, 15) is 0 Å². The van der Waals surface area contributed by atoms with Gasteiger partial charge in [-0.1, -0.05) is 44.2 Å². The monoisotopic (exact) mass is 432 g/mol. The highest BCUT2D eigenvalue weighted by Crippen LogP contribution is 2.19. The van der Waals surface area contributed by atoms with Crippen molar-refractivity contribution in [3.8, 4) is 11.1 Å². The summed E-state index contributed by atoms with van der Waals surface area (Å²) in [6, 6.07) is 12.4. The van der Waals surface area contributed by atoms with Crippen molar-refractivity contribution in [1.82, 2.24) is 29.5 Å². The van der Waals surface area contributed by atoms with Gasteiger partial charge in [0.05, 0.1) is 7.11 Å². The molecule has 3 heterocycles. The van der Waals surface area contributed by atoms with E-state index in [2.05, 4.69) is 54.6 Å². The number of nitrogens with two attached hydrogens (primary N) is 1. The molecule has 1 aromatic carbocycles. The standard InChI is InChI=1S/C21H22N8O.C2H6/c1-3-17(30-2)18-25-21-27-20(26-19(22)29(21)28-18)24-12-10-14-6-8-15(9-7-14)16-5-4-11-23-13-16;1-2/h3-9,11,13H,10,12H2,1-2H3,(H3,22,24,25,26,27,28);1-2H3/b17-3-;. The number of nitrogen functional groups attached to an aromatic ring is 1. The lowest BCUT2D eigenvalue weighted by Crippen LogP contribution is -2.12. The van der Waals surface area contributed by atoms with Crippen LogP contribution in [0.5, 0.6) is 0 Å². The van der Waals surface area contributed by atoms with Gasteiger partial charge in [-0.3, -0.25) is 4.98 Å². The Bertz CT molecular complexity index is 1170. The van der Waals surface area contributed by atoms with E-state index < -0.39 is 0 Å². The van der Waals surface area contributed by atoms with Crippen LogP contribution in [-0.2, 0) is 11.2 Å². The maximum absolute atomic E-state index is 6.01. The van der Waals surface area contributed by atoms with Crippen molar-refractivity contribution < 1.29 is 4.74 Å². The molecular formula is C23H28N8O. The minimum absolute atomic E-state index is 0.202. The summed E-state index contributed by atoms with van der Waals surface area (Å²) < 4.78 is 6.64. The quantitative estimate of drug-likeness (QED) is 0.423. The predicted octanol–water partition coefficient (Wildman–Crippen LogP) is 3.85. The first-order chi connectivity index (χ1) is 15.7. The van der Waals surface area contributed by atoms with E-state index in [1.54, 1.807) is 19.4 Å². The summed E-state index contributed by atoms with van der Waals surface area (Å²) in [6.45, 7) is 6.50. The fourth-order valence-electron chi connectivity index (χ4n) is 3.04. The van der Waals surface area contributed by atoms with Gasteiger partial charge in [-0.2, -0.15) is 19.5 Å². The summed E-state index contributed by atoms with van der Waals surface area (Å²) in [4.78, 5) is 17.2. The molecule has 32 heavy (non-hydrogen) atoms. The SMILES string of the molecule is C/C=C(\OC)c1nc2nc(NCCc3ccc(-c4cccnc4)cc3)nc(N)n2n1.CC. The highest BCUT2D eigenvalue weighted by Gasteiger charge is 2.13. The lowest BCUT2D eigenvalue weighted by atomic mass is 10.0. The number of anilines is 2. The van der Waals surface area contributed by atoms with Crippen molar-refractivity contribution in [1.29, 1.82) is 0 Å². The third kappa shape index (κ3) is 5.18. The topological polar surface area (TPSA) is 116 Å². The Labute approximate surface area is 187 Å². The maximum atomic E-state index is 6.01. The Morgan fingerprint density at radius 1 is 1.09 bits per heavy atom. The van der Waals surface area contributed by atoms with Crippen LogP contribution in [0.2, 0.25) is 0 Å². The summed E-state index contributed by atoms with van der Waals surface area (Å²) >= 11 is 0. The number of rotatable bonds is 7. The number of aromatic nitrogens is 6. The minimum atomic E-state index is 0.202. The number of benzene rings is 1. The zero-order chi connectivity index (χ0) is 22.9. The molecule has 0 aliphatic carbocycles.